The number of aromatic nitrogens is 1. The van der Waals surface area contributed by atoms with Gasteiger partial charge >= 0.3 is 5.97 Å². The van der Waals surface area contributed by atoms with E-state index in [0.29, 0.717) is 10.9 Å². The Bertz CT molecular complexity index is 574. The first-order chi connectivity index (χ1) is 7.90. The fourth-order valence-electron chi connectivity index (χ4n) is 1.71. The van der Waals surface area contributed by atoms with Crippen molar-refractivity contribution in [2.75, 3.05) is 0 Å². The Hall–Kier alpha value is -1.88. The summed E-state index contributed by atoms with van der Waals surface area (Å²) in [5.41, 5.74) is -1.16. The number of hydrogen-bond acceptors (Lipinski definition) is 2. The van der Waals surface area contributed by atoms with Crippen molar-refractivity contribution in [1.82, 2.24) is 4.57 Å². The minimum absolute atomic E-state index is 0.0858. The number of carboxylic acid groups (broad SMARTS) is 1. The van der Waals surface area contributed by atoms with Crippen LogP contribution < -0.4 is 0 Å². The van der Waals surface area contributed by atoms with Gasteiger partial charge in [-0.15, -0.1) is 0 Å². The lowest BCUT2D eigenvalue weighted by Gasteiger charge is -2.19. The highest BCUT2D eigenvalue weighted by molar-refractivity contribution is 5.81. The summed E-state index contributed by atoms with van der Waals surface area (Å²) in [6.07, 6.45) is 1.63. The summed E-state index contributed by atoms with van der Waals surface area (Å²) in [6.45, 7) is 1.14. The van der Waals surface area contributed by atoms with E-state index in [4.69, 9.17) is 5.11 Å². The van der Waals surface area contributed by atoms with Crippen LogP contribution in [0.2, 0.25) is 0 Å². The second kappa shape index (κ2) is 3.85. The number of hydrogen-bond donors (Lipinski definition) is 2. The minimum Gasteiger partial charge on any atom is -0.479 e. The average Bonchev–Trinajstić information content (AvgIpc) is 2.60. The lowest BCUT2D eigenvalue weighted by atomic mass is 10.1. The average molecular weight is 237 g/mol. The van der Waals surface area contributed by atoms with E-state index in [0.717, 1.165) is 0 Å². The first-order valence-corrected chi connectivity index (χ1v) is 5.10. The number of carboxylic acids is 1. The van der Waals surface area contributed by atoms with Crippen LogP contribution in [0.1, 0.15) is 6.92 Å². The molecule has 0 saturated heterocycles. The predicted molar refractivity (Wildman–Crippen MR) is 60.2 cm³/mol. The molecule has 2 aromatic rings. The van der Waals surface area contributed by atoms with E-state index < -0.39 is 11.6 Å². The molecule has 1 aromatic carbocycles. The van der Waals surface area contributed by atoms with Crippen molar-refractivity contribution in [3.63, 3.8) is 0 Å². The molecular weight excluding hydrogens is 225 g/mol. The van der Waals surface area contributed by atoms with Crippen LogP contribution in [0.4, 0.5) is 4.39 Å². The molecule has 4 nitrogen and oxygen atoms in total. The molecule has 17 heavy (non-hydrogen) atoms. The zero-order chi connectivity index (χ0) is 12.6. The Morgan fingerprint density at radius 2 is 2.18 bits per heavy atom. The third-order valence-electron chi connectivity index (χ3n) is 2.67. The summed E-state index contributed by atoms with van der Waals surface area (Å²) in [6, 6.07) is 5.90. The Kier molecular flexibility index (Phi) is 2.63. The molecule has 0 spiro atoms. The third kappa shape index (κ3) is 2.14. The second-order valence-corrected chi connectivity index (χ2v) is 4.23. The van der Waals surface area contributed by atoms with Crippen molar-refractivity contribution in [2.24, 2.45) is 0 Å². The fraction of sp³-hybridized carbons (Fsp3) is 0.250. The molecule has 0 aliphatic carbocycles. The van der Waals surface area contributed by atoms with Gasteiger partial charge < -0.3 is 14.8 Å². The van der Waals surface area contributed by atoms with Gasteiger partial charge in [-0.2, -0.15) is 0 Å². The molecule has 2 N–H and O–H groups in total. The van der Waals surface area contributed by atoms with Crippen molar-refractivity contribution in [1.29, 1.82) is 0 Å². The van der Waals surface area contributed by atoms with Crippen molar-refractivity contribution >= 4 is 16.9 Å². The number of carbonyl (C=O) groups is 1. The molecule has 0 aliphatic rings. The smallest absolute Gasteiger partial charge is 0.337 e. The Morgan fingerprint density at radius 1 is 1.47 bits per heavy atom. The summed E-state index contributed by atoms with van der Waals surface area (Å²) in [4.78, 5) is 10.8. The monoisotopic (exact) mass is 237 g/mol. The molecule has 0 amide bonds. The van der Waals surface area contributed by atoms with Crippen LogP contribution in [0, 0.1) is 5.82 Å². The molecule has 1 unspecified atom stereocenters. The number of aliphatic hydroxyl groups is 1. The maximum atomic E-state index is 13.0. The van der Waals surface area contributed by atoms with Crippen LogP contribution in [-0.4, -0.2) is 26.4 Å². The van der Waals surface area contributed by atoms with Crippen molar-refractivity contribution in [3.8, 4) is 0 Å². The van der Waals surface area contributed by atoms with E-state index in [1.54, 1.807) is 22.9 Å². The van der Waals surface area contributed by atoms with Crippen LogP contribution in [0.15, 0.2) is 30.5 Å². The predicted octanol–water partition coefficient (Wildman–Crippen LogP) is 1.62. The van der Waals surface area contributed by atoms with Crippen molar-refractivity contribution in [2.45, 2.75) is 19.1 Å². The summed E-state index contributed by atoms with van der Waals surface area (Å²) < 4.78 is 14.5. The lowest BCUT2D eigenvalue weighted by Crippen LogP contribution is -2.39. The molecule has 90 valence electrons. The van der Waals surface area contributed by atoms with Crippen LogP contribution in [0.3, 0.4) is 0 Å². The number of nitrogens with zero attached hydrogens (tertiary/aromatic N) is 1. The number of aliphatic carboxylic acids is 1. The van der Waals surface area contributed by atoms with Crippen molar-refractivity contribution < 1.29 is 19.4 Å². The maximum Gasteiger partial charge on any atom is 0.337 e. The summed E-state index contributed by atoms with van der Waals surface area (Å²) in [5.74, 6) is -1.64. The number of benzene rings is 1. The van der Waals surface area contributed by atoms with Gasteiger partial charge in [-0.05, 0) is 31.2 Å². The van der Waals surface area contributed by atoms with Gasteiger partial charge in [0.15, 0.2) is 5.60 Å². The molecule has 5 heteroatoms. The first kappa shape index (κ1) is 11.6. The van der Waals surface area contributed by atoms with E-state index in [1.165, 1.54) is 19.1 Å². The van der Waals surface area contributed by atoms with Gasteiger partial charge in [-0.1, -0.05) is 0 Å². The number of fused-ring (bicyclic) bond motifs is 1. The lowest BCUT2D eigenvalue weighted by molar-refractivity contribution is -0.157. The zero-order valence-corrected chi connectivity index (χ0v) is 9.22. The zero-order valence-electron chi connectivity index (χ0n) is 9.22. The van der Waals surface area contributed by atoms with Gasteiger partial charge in [0.25, 0.3) is 0 Å². The molecule has 0 fully saturated rings. The van der Waals surface area contributed by atoms with E-state index in [-0.39, 0.29) is 12.4 Å². The third-order valence-corrected chi connectivity index (χ3v) is 2.67. The molecule has 0 saturated carbocycles. The maximum absolute atomic E-state index is 13.0. The van der Waals surface area contributed by atoms with Gasteiger partial charge in [0.05, 0.1) is 6.54 Å². The topological polar surface area (TPSA) is 62.5 Å². The van der Waals surface area contributed by atoms with Crippen molar-refractivity contribution in [3.05, 3.63) is 36.3 Å². The highest BCUT2D eigenvalue weighted by atomic mass is 19.1. The first-order valence-electron chi connectivity index (χ1n) is 5.10. The van der Waals surface area contributed by atoms with Gasteiger partial charge in [-0.25, -0.2) is 9.18 Å². The number of halogens is 1. The standard InChI is InChI=1S/C12H12FNO3/c1-12(17,11(15)16)7-14-5-4-8-6-9(13)2-3-10(8)14/h2-6,17H,7H2,1H3,(H,15,16). The largest absolute Gasteiger partial charge is 0.479 e. The second-order valence-electron chi connectivity index (χ2n) is 4.23. The highest BCUT2D eigenvalue weighted by Gasteiger charge is 2.30. The number of rotatable bonds is 3. The quantitative estimate of drug-likeness (QED) is 0.852. The van der Waals surface area contributed by atoms with E-state index in [9.17, 15) is 14.3 Å². The molecule has 2 rings (SSSR count). The Labute approximate surface area is 96.9 Å². The van der Waals surface area contributed by atoms with Crippen LogP contribution in [0.25, 0.3) is 10.9 Å². The minimum atomic E-state index is -1.85. The molecule has 0 bridgehead atoms. The SMILES string of the molecule is CC(O)(Cn1ccc2cc(F)ccc21)C(=O)O. The summed E-state index contributed by atoms with van der Waals surface area (Å²) in [7, 11) is 0. The van der Waals surface area contributed by atoms with Crippen LogP contribution >= 0.6 is 0 Å². The van der Waals surface area contributed by atoms with Gasteiger partial charge in [0.2, 0.25) is 0 Å². The molecule has 1 aromatic heterocycles. The van der Waals surface area contributed by atoms with Crippen LogP contribution in [-0.2, 0) is 11.3 Å². The normalized spacial score (nSPS) is 14.8. The molecule has 0 aliphatic heterocycles. The van der Waals surface area contributed by atoms with Gasteiger partial charge in [0, 0.05) is 17.1 Å². The molecule has 1 atom stereocenters. The highest BCUT2D eigenvalue weighted by Crippen LogP contribution is 2.19. The summed E-state index contributed by atoms with van der Waals surface area (Å²) >= 11 is 0. The fourth-order valence-corrected chi connectivity index (χ4v) is 1.71. The van der Waals surface area contributed by atoms with Gasteiger partial charge in [0.1, 0.15) is 5.82 Å². The van der Waals surface area contributed by atoms with E-state index in [2.05, 4.69) is 0 Å². The van der Waals surface area contributed by atoms with Gasteiger partial charge in [-0.3, -0.25) is 0 Å². The Morgan fingerprint density at radius 3 is 2.82 bits per heavy atom. The Balaban J connectivity index is 2.41. The van der Waals surface area contributed by atoms with E-state index in [1.807, 2.05) is 0 Å². The molecule has 0 radical (unpaired) electrons. The molecular formula is C12H12FNO3. The van der Waals surface area contributed by atoms with E-state index >= 15 is 0 Å². The molecule has 1 heterocycles. The summed E-state index contributed by atoms with van der Waals surface area (Å²) in [5, 5.41) is 19.2. The van der Waals surface area contributed by atoms with Crippen LogP contribution in [0.5, 0.6) is 0 Å².